The monoisotopic (exact) mass is 440 g/mol. The third kappa shape index (κ3) is 2.85. The minimum absolute atomic E-state index is 0.294. The molecule has 0 bridgehead atoms. The number of rotatable bonds is 1. The molecule has 0 aromatic rings. The highest BCUT2D eigenvalue weighted by Gasteiger charge is 2.68. The van der Waals surface area contributed by atoms with E-state index in [4.69, 9.17) is 4.74 Å². The average Bonchev–Trinajstić information content (AvgIpc) is 2.69. The molecule has 0 amide bonds. The Hall–Kier alpha value is -0.300. The van der Waals surface area contributed by atoms with Crippen molar-refractivity contribution in [2.45, 2.75) is 126 Å². The summed E-state index contributed by atoms with van der Waals surface area (Å²) in [5.74, 6) is 2.48. The van der Waals surface area contributed by atoms with Crippen LogP contribution in [0.2, 0.25) is 0 Å². The molecule has 4 saturated carbocycles. The molecule has 0 aromatic heterocycles. The van der Waals surface area contributed by atoms with Crippen molar-refractivity contribution in [2.75, 3.05) is 7.11 Å². The quantitative estimate of drug-likeness (QED) is 0.370. The minimum Gasteiger partial charge on any atom is -0.381 e. The van der Waals surface area contributed by atoms with Crippen molar-refractivity contribution in [3.05, 3.63) is 11.6 Å². The van der Waals surface area contributed by atoms with Gasteiger partial charge in [0.15, 0.2) is 0 Å². The molecule has 4 unspecified atom stereocenters. The molecule has 32 heavy (non-hydrogen) atoms. The van der Waals surface area contributed by atoms with Gasteiger partial charge in [-0.1, -0.05) is 67.0 Å². The highest BCUT2D eigenvalue weighted by molar-refractivity contribution is 5.31. The van der Waals surface area contributed by atoms with Gasteiger partial charge in [0.1, 0.15) is 0 Å². The van der Waals surface area contributed by atoms with Gasteiger partial charge in [-0.2, -0.15) is 0 Å². The van der Waals surface area contributed by atoms with Crippen LogP contribution in [0.15, 0.2) is 11.6 Å². The van der Waals surface area contributed by atoms with Crippen molar-refractivity contribution in [1.29, 1.82) is 0 Å². The summed E-state index contributed by atoms with van der Waals surface area (Å²) < 4.78 is 6.05. The molecule has 0 aromatic carbocycles. The Labute approximate surface area is 199 Å². The second kappa shape index (κ2) is 6.89. The zero-order valence-corrected chi connectivity index (χ0v) is 22.9. The lowest BCUT2D eigenvalue weighted by Crippen LogP contribution is -2.65. The molecule has 0 heterocycles. The van der Waals surface area contributed by atoms with Gasteiger partial charge >= 0.3 is 0 Å². The minimum atomic E-state index is 0.294. The molecule has 1 nitrogen and oxygen atoms in total. The Morgan fingerprint density at radius 1 is 0.688 bits per heavy atom. The molecule has 5 rings (SSSR count). The summed E-state index contributed by atoms with van der Waals surface area (Å²) in [5, 5.41) is 0. The first-order valence-electron chi connectivity index (χ1n) is 14.0. The van der Waals surface area contributed by atoms with E-state index in [9.17, 15) is 0 Å². The number of hydrogen-bond acceptors (Lipinski definition) is 1. The molecule has 0 aliphatic heterocycles. The summed E-state index contributed by atoms with van der Waals surface area (Å²) in [5.41, 5.74) is 4.45. The molecular weight excluding hydrogens is 388 g/mol. The zero-order valence-electron chi connectivity index (χ0n) is 22.9. The van der Waals surface area contributed by atoms with Crippen molar-refractivity contribution >= 4 is 0 Å². The van der Waals surface area contributed by atoms with Crippen LogP contribution in [0.1, 0.15) is 120 Å². The van der Waals surface area contributed by atoms with Gasteiger partial charge in [-0.05, 0) is 114 Å². The molecular formula is C31H52O. The second-order valence-corrected chi connectivity index (χ2v) is 15.3. The molecule has 5 aliphatic rings. The zero-order chi connectivity index (χ0) is 23.4. The maximum absolute atomic E-state index is 6.05. The summed E-state index contributed by atoms with van der Waals surface area (Å²) in [6.45, 7) is 20.9. The van der Waals surface area contributed by atoms with Crippen molar-refractivity contribution in [3.63, 3.8) is 0 Å². The molecule has 182 valence electrons. The Morgan fingerprint density at radius 2 is 1.38 bits per heavy atom. The van der Waals surface area contributed by atoms with Gasteiger partial charge in [0.05, 0.1) is 6.10 Å². The van der Waals surface area contributed by atoms with Crippen molar-refractivity contribution < 1.29 is 4.74 Å². The number of allylic oxidation sites excluding steroid dienone is 2. The van der Waals surface area contributed by atoms with Gasteiger partial charge in [0, 0.05) is 7.11 Å². The summed E-state index contributed by atoms with van der Waals surface area (Å²) >= 11 is 0. The van der Waals surface area contributed by atoms with E-state index >= 15 is 0 Å². The maximum Gasteiger partial charge on any atom is 0.0625 e. The fourth-order valence-corrected chi connectivity index (χ4v) is 11.0. The van der Waals surface area contributed by atoms with Crippen LogP contribution in [0.4, 0.5) is 0 Å². The third-order valence-corrected chi connectivity index (χ3v) is 13.2. The lowest BCUT2D eigenvalue weighted by atomic mass is 9.32. The van der Waals surface area contributed by atoms with Gasteiger partial charge in [-0.15, -0.1) is 0 Å². The van der Waals surface area contributed by atoms with Crippen molar-refractivity contribution in [3.8, 4) is 0 Å². The Morgan fingerprint density at radius 3 is 2.06 bits per heavy atom. The van der Waals surface area contributed by atoms with Crippen LogP contribution in [-0.2, 0) is 4.74 Å². The van der Waals surface area contributed by atoms with E-state index in [1.807, 2.05) is 12.7 Å². The topological polar surface area (TPSA) is 9.23 Å². The van der Waals surface area contributed by atoms with Gasteiger partial charge in [-0.25, -0.2) is 0 Å². The normalized spacial score (nSPS) is 53.8. The fraction of sp³-hybridized carbons (Fsp3) is 0.935. The fourth-order valence-electron chi connectivity index (χ4n) is 11.0. The van der Waals surface area contributed by atoms with Gasteiger partial charge in [-0.3, -0.25) is 0 Å². The largest absolute Gasteiger partial charge is 0.381 e. The van der Waals surface area contributed by atoms with Crippen molar-refractivity contribution in [2.24, 2.45) is 50.2 Å². The molecule has 0 spiro atoms. The van der Waals surface area contributed by atoms with E-state index < -0.39 is 0 Å². The third-order valence-electron chi connectivity index (χ3n) is 13.2. The Balaban J connectivity index is 1.55. The van der Waals surface area contributed by atoms with Crippen LogP contribution in [0, 0.1) is 50.2 Å². The highest BCUT2D eigenvalue weighted by Crippen LogP contribution is 2.76. The van der Waals surface area contributed by atoms with E-state index in [1.54, 1.807) is 0 Å². The summed E-state index contributed by atoms with van der Waals surface area (Å²) in [7, 11) is 1.95. The van der Waals surface area contributed by atoms with Gasteiger partial charge in [0.25, 0.3) is 0 Å². The molecule has 0 saturated heterocycles. The number of hydrogen-bond donors (Lipinski definition) is 0. The Kier molecular flexibility index (Phi) is 5.05. The first-order valence-corrected chi connectivity index (χ1v) is 14.0. The van der Waals surface area contributed by atoms with Crippen molar-refractivity contribution in [1.82, 2.24) is 0 Å². The molecule has 0 N–H and O–H groups in total. The summed E-state index contributed by atoms with van der Waals surface area (Å²) in [6, 6.07) is 0. The van der Waals surface area contributed by atoms with E-state index in [0.717, 1.165) is 17.8 Å². The van der Waals surface area contributed by atoms with Crippen LogP contribution in [0.25, 0.3) is 0 Å². The molecule has 8 atom stereocenters. The lowest BCUT2D eigenvalue weighted by Gasteiger charge is -2.72. The predicted octanol–water partition coefficient (Wildman–Crippen LogP) is 8.82. The van der Waals surface area contributed by atoms with Crippen LogP contribution in [0.3, 0.4) is 0 Å². The number of fused-ring (bicyclic) bond motifs is 7. The first-order chi connectivity index (χ1) is 14.7. The van der Waals surface area contributed by atoms with E-state index in [-0.39, 0.29) is 0 Å². The second-order valence-electron chi connectivity index (χ2n) is 15.3. The summed E-state index contributed by atoms with van der Waals surface area (Å²) in [4.78, 5) is 0. The van der Waals surface area contributed by atoms with E-state index in [0.29, 0.717) is 38.6 Å². The smallest absolute Gasteiger partial charge is 0.0625 e. The molecule has 5 aliphatic carbocycles. The van der Waals surface area contributed by atoms with E-state index in [2.05, 4.69) is 61.5 Å². The van der Waals surface area contributed by atoms with E-state index in [1.165, 1.54) is 64.2 Å². The maximum atomic E-state index is 6.05. The molecule has 0 radical (unpaired) electrons. The lowest BCUT2D eigenvalue weighted by molar-refractivity contribution is -0.231. The standard InChI is InChI=1S/C31H52O/c1-26(2)16-17-28(5)18-19-30(7)21(22(28)20-26)10-11-24-29(6)14-13-25(32-9)27(3,4)23(29)12-15-31(24,30)8/h20-21,23-25H,10-19H2,1-9H3/t21?,23?,24?,25-,28+,29-,30?,31+/m0/s1. The van der Waals surface area contributed by atoms with Crippen LogP contribution >= 0.6 is 0 Å². The van der Waals surface area contributed by atoms with Crippen LogP contribution in [0.5, 0.6) is 0 Å². The SMILES string of the molecule is CO[C@H]1CC[C@@]2(C)C(CC[C@]3(C)C2CCC2C4=CC(C)(C)CC[C@]4(C)CCC23C)C1(C)C. The molecule has 1 heteroatoms. The predicted molar refractivity (Wildman–Crippen MR) is 136 cm³/mol. The van der Waals surface area contributed by atoms with Crippen LogP contribution < -0.4 is 0 Å². The van der Waals surface area contributed by atoms with Gasteiger partial charge in [0.2, 0.25) is 0 Å². The average molecular weight is 441 g/mol. The highest BCUT2D eigenvalue weighted by atomic mass is 16.5. The number of ether oxygens (including phenoxy) is 1. The summed E-state index contributed by atoms with van der Waals surface area (Å²) in [6.07, 6.45) is 17.2. The van der Waals surface area contributed by atoms with Crippen LogP contribution in [-0.4, -0.2) is 13.2 Å². The number of methoxy groups -OCH3 is 1. The first kappa shape index (κ1) is 23.4. The Bertz CT molecular complexity index is 805. The van der Waals surface area contributed by atoms with Gasteiger partial charge < -0.3 is 4.74 Å². The molecule has 4 fully saturated rings.